The number of hydrogen-bond acceptors (Lipinski definition) is 4. The van der Waals surface area contributed by atoms with E-state index < -0.39 is 12.1 Å². The lowest BCUT2D eigenvalue weighted by Crippen LogP contribution is -2.14. The molecule has 86 valence electrons. The number of ether oxygens (including phenoxy) is 2. The summed E-state index contributed by atoms with van der Waals surface area (Å²) < 4.78 is 9.76. The Kier molecular flexibility index (Phi) is 4.30. The molecule has 0 spiro atoms. The Morgan fingerprint density at radius 1 is 1.25 bits per heavy atom. The highest BCUT2D eigenvalue weighted by Gasteiger charge is 2.14. The monoisotopic (exact) mass is 287 g/mol. The van der Waals surface area contributed by atoms with E-state index in [1.165, 1.54) is 14.2 Å². The van der Waals surface area contributed by atoms with E-state index in [1.807, 2.05) is 0 Å². The predicted molar refractivity (Wildman–Crippen MR) is 61.5 cm³/mol. The van der Waals surface area contributed by atoms with Crippen molar-refractivity contribution in [1.29, 1.82) is 0 Å². The summed E-state index contributed by atoms with van der Waals surface area (Å²) in [6.45, 7) is 0. The van der Waals surface area contributed by atoms with Crippen LogP contribution in [-0.4, -0.2) is 26.3 Å². The molecule has 0 saturated heterocycles. The largest absolute Gasteiger partial charge is 0.465 e. The van der Waals surface area contributed by atoms with E-state index in [0.29, 0.717) is 5.69 Å². The summed E-state index contributed by atoms with van der Waals surface area (Å²) in [5.74, 6) is -0.529. The molecule has 1 rings (SSSR count). The van der Waals surface area contributed by atoms with Gasteiger partial charge < -0.3 is 9.47 Å². The summed E-state index contributed by atoms with van der Waals surface area (Å²) in [7, 11) is 2.51. The molecule has 0 radical (unpaired) electrons. The van der Waals surface area contributed by atoms with Crippen LogP contribution in [0.25, 0.3) is 0 Å². The lowest BCUT2D eigenvalue weighted by Gasteiger charge is -2.09. The number of halogens is 1. The topological polar surface area (TPSA) is 64.6 Å². The number of nitrogens with one attached hydrogen (secondary N) is 1. The molecule has 1 aromatic carbocycles. The van der Waals surface area contributed by atoms with Gasteiger partial charge in [0.05, 0.1) is 25.5 Å². The summed E-state index contributed by atoms with van der Waals surface area (Å²) in [5, 5.41) is 2.42. The second-order valence-corrected chi connectivity index (χ2v) is 3.71. The molecular formula is C10H10BrNO4. The number of carbonyl (C=O) groups excluding carboxylic acids is 2. The highest BCUT2D eigenvalue weighted by molar-refractivity contribution is 9.10. The van der Waals surface area contributed by atoms with E-state index in [2.05, 4.69) is 30.7 Å². The molecule has 0 bridgehead atoms. The van der Waals surface area contributed by atoms with Gasteiger partial charge in [0, 0.05) is 4.47 Å². The van der Waals surface area contributed by atoms with E-state index in [9.17, 15) is 9.59 Å². The molecule has 0 aliphatic carbocycles. The smallest absolute Gasteiger partial charge is 0.411 e. The van der Waals surface area contributed by atoms with Crippen molar-refractivity contribution in [2.24, 2.45) is 0 Å². The number of rotatable bonds is 2. The third-order valence-electron chi connectivity index (χ3n) is 1.81. The number of methoxy groups -OCH3 is 2. The van der Waals surface area contributed by atoms with Crippen molar-refractivity contribution in [3.63, 3.8) is 0 Å². The molecule has 1 aromatic rings. The maximum Gasteiger partial charge on any atom is 0.411 e. The minimum absolute atomic E-state index is 0.260. The highest BCUT2D eigenvalue weighted by Crippen LogP contribution is 2.22. The average Bonchev–Trinajstić information content (AvgIpc) is 2.28. The fourth-order valence-electron chi connectivity index (χ4n) is 1.07. The molecule has 0 atom stereocenters. The maximum absolute atomic E-state index is 11.4. The standard InChI is InChI=1S/C10H10BrNO4/c1-15-9(13)7-4-3-6(11)5-8(7)12-10(14)16-2/h3-5H,1-2H3,(H,12,14). The number of anilines is 1. The van der Waals surface area contributed by atoms with Gasteiger partial charge in [-0.25, -0.2) is 9.59 Å². The Balaban J connectivity index is 3.08. The third-order valence-corrected chi connectivity index (χ3v) is 2.30. The van der Waals surface area contributed by atoms with Gasteiger partial charge >= 0.3 is 12.1 Å². The molecule has 0 unspecified atom stereocenters. The minimum atomic E-state index is -0.650. The average molecular weight is 288 g/mol. The normalized spacial score (nSPS) is 9.44. The van der Waals surface area contributed by atoms with Crippen molar-refractivity contribution in [2.75, 3.05) is 19.5 Å². The SMILES string of the molecule is COC(=O)Nc1cc(Br)ccc1C(=O)OC. The molecule has 0 aromatic heterocycles. The van der Waals surface area contributed by atoms with Gasteiger partial charge in [-0.3, -0.25) is 5.32 Å². The maximum atomic E-state index is 11.4. The Morgan fingerprint density at radius 3 is 2.50 bits per heavy atom. The molecule has 1 amide bonds. The summed E-state index contributed by atoms with van der Waals surface area (Å²) in [4.78, 5) is 22.4. The van der Waals surface area contributed by atoms with Crippen LogP contribution in [0.3, 0.4) is 0 Å². The highest BCUT2D eigenvalue weighted by atomic mass is 79.9. The predicted octanol–water partition coefficient (Wildman–Crippen LogP) is 2.41. The van der Waals surface area contributed by atoms with E-state index in [4.69, 9.17) is 0 Å². The molecule has 1 N–H and O–H groups in total. The van der Waals surface area contributed by atoms with Crippen molar-refractivity contribution in [1.82, 2.24) is 0 Å². The van der Waals surface area contributed by atoms with Gasteiger partial charge in [0.15, 0.2) is 0 Å². The van der Waals surface area contributed by atoms with Gasteiger partial charge in [-0.15, -0.1) is 0 Å². The number of amides is 1. The summed E-state index contributed by atoms with van der Waals surface area (Å²) >= 11 is 3.23. The van der Waals surface area contributed by atoms with Gasteiger partial charge in [0.25, 0.3) is 0 Å². The number of hydrogen-bond donors (Lipinski definition) is 1. The molecule has 0 fully saturated rings. The Bertz CT molecular complexity index is 419. The summed E-state index contributed by atoms with van der Waals surface area (Å²) in [5.41, 5.74) is 0.587. The van der Waals surface area contributed by atoms with Gasteiger partial charge in [0.2, 0.25) is 0 Å². The van der Waals surface area contributed by atoms with Gasteiger partial charge in [-0.2, -0.15) is 0 Å². The second-order valence-electron chi connectivity index (χ2n) is 2.80. The molecule has 16 heavy (non-hydrogen) atoms. The van der Waals surface area contributed by atoms with Crippen molar-refractivity contribution in [3.8, 4) is 0 Å². The lowest BCUT2D eigenvalue weighted by molar-refractivity contribution is 0.0602. The van der Waals surface area contributed by atoms with E-state index >= 15 is 0 Å². The molecule has 0 heterocycles. The minimum Gasteiger partial charge on any atom is -0.465 e. The van der Waals surface area contributed by atoms with Crippen LogP contribution in [0.4, 0.5) is 10.5 Å². The van der Waals surface area contributed by atoms with Crippen LogP contribution in [0.5, 0.6) is 0 Å². The number of benzene rings is 1. The zero-order chi connectivity index (χ0) is 12.1. The molecular weight excluding hydrogens is 278 g/mol. The molecule has 6 heteroatoms. The van der Waals surface area contributed by atoms with E-state index in [0.717, 1.165) is 4.47 Å². The second kappa shape index (κ2) is 5.50. The zero-order valence-corrected chi connectivity index (χ0v) is 10.3. The van der Waals surface area contributed by atoms with Crippen LogP contribution < -0.4 is 5.32 Å². The first-order chi connectivity index (χ1) is 7.58. The molecule has 0 saturated carbocycles. The first-order valence-corrected chi connectivity index (χ1v) is 5.10. The van der Waals surface area contributed by atoms with Crippen LogP contribution in [0.2, 0.25) is 0 Å². The summed E-state index contributed by atoms with van der Waals surface area (Å²) in [6, 6.07) is 4.80. The first kappa shape index (κ1) is 12.5. The Morgan fingerprint density at radius 2 is 1.94 bits per heavy atom. The van der Waals surface area contributed by atoms with Crippen molar-refractivity contribution >= 4 is 33.7 Å². The van der Waals surface area contributed by atoms with Crippen LogP contribution >= 0.6 is 15.9 Å². The van der Waals surface area contributed by atoms with Crippen molar-refractivity contribution in [3.05, 3.63) is 28.2 Å². The van der Waals surface area contributed by atoms with Crippen molar-refractivity contribution in [2.45, 2.75) is 0 Å². The van der Waals surface area contributed by atoms with Gasteiger partial charge in [-0.1, -0.05) is 15.9 Å². The number of carbonyl (C=O) groups is 2. The van der Waals surface area contributed by atoms with E-state index in [-0.39, 0.29) is 5.56 Å². The fraction of sp³-hybridized carbons (Fsp3) is 0.200. The summed E-state index contributed by atoms with van der Waals surface area (Å²) in [6.07, 6.45) is -0.650. The first-order valence-electron chi connectivity index (χ1n) is 4.31. The van der Waals surface area contributed by atoms with Crippen molar-refractivity contribution < 1.29 is 19.1 Å². The Labute approximate surface area is 101 Å². The molecule has 5 nitrogen and oxygen atoms in total. The van der Waals surface area contributed by atoms with E-state index in [1.54, 1.807) is 18.2 Å². The van der Waals surface area contributed by atoms with Crippen LogP contribution in [-0.2, 0) is 9.47 Å². The van der Waals surface area contributed by atoms with Gasteiger partial charge in [0.1, 0.15) is 0 Å². The molecule has 0 aliphatic heterocycles. The fourth-order valence-corrected chi connectivity index (χ4v) is 1.43. The lowest BCUT2D eigenvalue weighted by atomic mass is 10.2. The number of esters is 1. The van der Waals surface area contributed by atoms with Gasteiger partial charge in [-0.05, 0) is 18.2 Å². The van der Waals surface area contributed by atoms with Crippen LogP contribution in [0.1, 0.15) is 10.4 Å². The van der Waals surface area contributed by atoms with Crippen LogP contribution in [0, 0.1) is 0 Å². The Hall–Kier alpha value is -1.56. The zero-order valence-electron chi connectivity index (χ0n) is 8.74. The quantitative estimate of drug-likeness (QED) is 0.849. The third kappa shape index (κ3) is 2.96. The van der Waals surface area contributed by atoms with Crippen LogP contribution in [0.15, 0.2) is 22.7 Å². The molecule has 0 aliphatic rings.